The Morgan fingerprint density at radius 2 is 2.35 bits per heavy atom. The standard InChI is InChI=1S/C11H10BrFN2O2/c1-6(4-9(16)17)15-8-3-2-7(5-14)10(12)11(8)13/h2-3,6,15H,4H2,1H3,(H,16,17). The number of aliphatic carboxylic acids is 1. The maximum Gasteiger partial charge on any atom is 0.305 e. The van der Waals surface area contributed by atoms with Gasteiger partial charge in [-0.15, -0.1) is 0 Å². The third-order valence-electron chi connectivity index (χ3n) is 2.09. The van der Waals surface area contributed by atoms with Crippen LogP contribution in [0.3, 0.4) is 0 Å². The maximum atomic E-state index is 13.7. The van der Waals surface area contributed by atoms with Gasteiger partial charge in [0.25, 0.3) is 0 Å². The van der Waals surface area contributed by atoms with Crippen LogP contribution in [-0.4, -0.2) is 17.1 Å². The number of carboxylic acid groups (broad SMARTS) is 1. The van der Waals surface area contributed by atoms with Gasteiger partial charge in [0.05, 0.1) is 22.1 Å². The lowest BCUT2D eigenvalue weighted by Crippen LogP contribution is -2.20. The number of carbonyl (C=O) groups is 1. The van der Waals surface area contributed by atoms with E-state index < -0.39 is 17.8 Å². The molecule has 0 aliphatic heterocycles. The molecule has 2 N–H and O–H groups in total. The fourth-order valence-corrected chi connectivity index (χ4v) is 1.76. The van der Waals surface area contributed by atoms with Crippen LogP contribution in [0.4, 0.5) is 10.1 Å². The van der Waals surface area contributed by atoms with Crippen molar-refractivity contribution in [2.45, 2.75) is 19.4 Å². The summed E-state index contributed by atoms with van der Waals surface area (Å²) in [5.41, 5.74) is 0.364. The molecule has 0 aromatic heterocycles. The molecular formula is C11H10BrFN2O2. The summed E-state index contributed by atoms with van der Waals surface area (Å²) in [5.74, 6) is -1.56. The first-order valence-electron chi connectivity index (χ1n) is 4.82. The second-order valence-electron chi connectivity index (χ2n) is 3.54. The number of nitrogens with zero attached hydrogens (tertiary/aromatic N) is 1. The van der Waals surface area contributed by atoms with Crippen LogP contribution in [-0.2, 0) is 4.79 Å². The Kier molecular flexibility index (Phi) is 4.46. The van der Waals surface area contributed by atoms with Gasteiger partial charge in [-0.05, 0) is 35.0 Å². The Bertz CT molecular complexity index is 485. The fourth-order valence-electron chi connectivity index (χ4n) is 1.33. The Morgan fingerprint density at radius 1 is 1.71 bits per heavy atom. The van der Waals surface area contributed by atoms with E-state index in [1.165, 1.54) is 12.1 Å². The summed E-state index contributed by atoms with van der Waals surface area (Å²) in [7, 11) is 0. The number of halogens is 2. The summed E-state index contributed by atoms with van der Waals surface area (Å²) < 4.78 is 13.8. The number of nitriles is 1. The van der Waals surface area contributed by atoms with Gasteiger partial charge in [-0.1, -0.05) is 0 Å². The molecule has 0 saturated heterocycles. The molecule has 1 rings (SSSR count). The summed E-state index contributed by atoms with van der Waals surface area (Å²) in [4.78, 5) is 10.5. The van der Waals surface area contributed by atoms with Crippen LogP contribution in [0.2, 0.25) is 0 Å². The SMILES string of the molecule is CC(CC(=O)O)Nc1ccc(C#N)c(Br)c1F. The van der Waals surface area contributed by atoms with E-state index in [-0.39, 0.29) is 22.1 Å². The molecule has 1 aromatic carbocycles. The Labute approximate surface area is 106 Å². The molecule has 0 amide bonds. The van der Waals surface area contributed by atoms with E-state index >= 15 is 0 Å². The van der Waals surface area contributed by atoms with Crippen molar-refractivity contribution in [3.05, 3.63) is 28.0 Å². The zero-order valence-corrected chi connectivity index (χ0v) is 10.6. The third kappa shape index (κ3) is 3.43. The van der Waals surface area contributed by atoms with E-state index in [1.54, 1.807) is 6.92 Å². The summed E-state index contributed by atoms with van der Waals surface area (Å²) in [6.07, 6.45) is -0.114. The molecule has 0 heterocycles. The molecular weight excluding hydrogens is 291 g/mol. The van der Waals surface area contributed by atoms with Gasteiger partial charge in [0.2, 0.25) is 0 Å². The average molecular weight is 301 g/mol. The highest BCUT2D eigenvalue weighted by Gasteiger charge is 2.14. The maximum absolute atomic E-state index is 13.7. The lowest BCUT2D eigenvalue weighted by atomic mass is 10.2. The zero-order chi connectivity index (χ0) is 13.0. The van der Waals surface area contributed by atoms with Crippen molar-refractivity contribution in [1.82, 2.24) is 0 Å². The van der Waals surface area contributed by atoms with E-state index in [0.717, 1.165) is 0 Å². The third-order valence-corrected chi connectivity index (χ3v) is 2.86. The van der Waals surface area contributed by atoms with Crippen LogP contribution in [0, 0.1) is 17.1 Å². The molecule has 0 aliphatic rings. The lowest BCUT2D eigenvalue weighted by Gasteiger charge is -2.14. The molecule has 0 fully saturated rings. The first kappa shape index (κ1) is 13.5. The number of anilines is 1. The largest absolute Gasteiger partial charge is 0.481 e. The second kappa shape index (κ2) is 5.64. The molecule has 0 saturated carbocycles. The Balaban J connectivity index is 2.90. The zero-order valence-electron chi connectivity index (χ0n) is 9.00. The number of hydrogen-bond acceptors (Lipinski definition) is 3. The molecule has 4 nitrogen and oxygen atoms in total. The van der Waals surface area contributed by atoms with Crippen molar-refractivity contribution in [1.29, 1.82) is 5.26 Å². The van der Waals surface area contributed by atoms with Gasteiger partial charge in [0.15, 0.2) is 5.82 Å². The summed E-state index contributed by atoms with van der Waals surface area (Å²) >= 11 is 2.98. The van der Waals surface area contributed by atoms with Gasteiger partial charge in [-0.25, -0.2) is 4.39 Å². The van der Waals surface area contributed by atoms with Crippen LogP contribution in [0.25, 0.3) is 0 Å². The van der Waals surface area contributed by atoms with Crippen LogP contribution >= 0.6 is 15.9 Å². The van der Waals surface area contributed by atoms with Crippen molar-refractivity contribution in [2.24, 2.45) is 0 Å². The smallest absolute Gasteiger partial charge is 0.305 e. The minimum Gasteiger partial charge on any atom is -0.481 e. The van der Waals surface area contributed by atoms with Crippen molar-refractivity contribution in [3.8, 4) is 6.07 Å². The van der Waals surface area contributed by atoms with E-state index in [1.807, 2.05) is 6.07 Å². The molecule has 1 unspecified atom stereocenters. The van der Waals surface area contributed by atoms with Crippen LogP contribution in [0.5, 0.6) is 0 Å². The summed E-state index contributed by atoms with van der Waals surface area (Å²) in [6.45, 7) is 1.64. The monoisotopic (exact) mass is 300 g/mol. The molecule has 0 aliphatic carbocycles. The molecule has 90 valence electrons. The molecule has 0 bridgehead atoms. The number of rotatable bonds is 4. The first-order chi connectivity index (χ1) is 7.95. The summed E-state index contributed by atoms with van der Waals surface area (Å²) in [5, 5.41) is 20.0. The van der Waals surface area contributed by atoms with E-state index in [4.69, 9.17) is 10.4 Å². The van der Waals surface area contributed by atoms with Gasteiger partial charge in [-0.2, -0.15) is 5.26 Å². The topological polar surface area (TPSA) is 73.1 Å². The second-order valence-corrected chi connectivity index (χ2v) is 4.34. The number of nitrogens with one attached hydrogen (secondary N) is 1. The Morgan fingerprint density at radius 3 is 2.88 bits per heavy atom. The quantitative estimate of drug-likeness (QED) is 0.897. The van der Waals surface area contributed by atoms with Crippen molar-refractivity contribution >= 4 is 27.6 Å². The highest BCUT2D eigenvalue weighted by atomic mass is 79.9. The summed E-state index contributed by atoms with van der Waals surface area (Å²) in [6, 6.07) is 4.31. The average Bonchev–Trinajstić information content (AvgIpc) is 2.24. The van der Waals surface area contributed by atoms with E-state index in [9.17, 15) is 9.18 Å². The highest BCUT2D eigenvalue weighted by molar-refractivity contribution is 9.10. The van der Waals surface area contributed by atoms with Gasteiger partial charge in [-0.3, -0.25) is 4.79 Å². The van der Waals surface area contributed by atoms with Gasteiger partial charge in [0.1, 0.15) is 6.07 Å². The van der Waals surface area contributed by atoms with E-state index in [0.29, 0.717) is 0 Å². The number of carboxylic acids is 1. The van der Waals surface area contributed by atoms with Crippen LogP contribution < -0.4 is 5.32 Å². The first-order valence-corrected chi connectivity index (χ1v) is 5.61. The molecule has 1 aromatic rings. The van der Waals surface area contributed by atoms with E-state index in [2.05, 4.69) is 21.2 Å². The molecule has 0 spiro atoms. The van der Waals surface area contributed by atoms with Gasteiger partial charge in [0, 0.05) is 6.04 Å². The van der Waals surface area contributed by atoms with Gasteiger partial charge >= 0.3 is 5.97 Å². The van der Waals surface area contributed by atoms with Crippen LogP contribution in [0.15, 0.2) is 16.6 Å². The number of benzene rings is 1. The van der Waals surface area contributed by atoms with Crippen molar-refractivity contribution in [3.63, 3.8) is 0 Å². The lowest BCUT2D eigenvalue weighted by molar-refractivity contribution is -0.137. The predicted octanol–water partition coefficient (Wildman–Crippen LogP) is 2.73. The number of hydrogen-bond donors (Lipinski definition) is 2. The normalized spacial score (nSPS) is 11.6. The fraction of sp³-hybridized carbons (Fsp3) is 0.273. The highest BCUT2D eigenvalue weighted by Crippen LogP contribution is 2.27. The van der Waals surface area contributed by atoms with Gasteiger partial charge < -0.3 is 10.4 Å². The molecule has 17 heavy (non-hydrogen) atoms. The minimum atomic E-state index is -0.960. The molecule has 0 radical (unpaired) electrons. The predicted molar refractivity (Wildman–Crippen MR) is 64.2 cm³/mol. The minimum absolute atomic E-state index is 0.0764. The molecule has 6 heteroatoms. The molecule has 1 atom stereocenters. The van der Waals surface area contributed by atoms with Crippen molar-refractivity contribution in [2.75, 3.05) is 5.32 Å². The van der Waals surface area contributed by atoms with Crippen LogP contribution in [0.1, 0.15) is 18.9 Å². The van der Waals surface area contributed by atoms with Crippen molar-refractivity contribution < 1.29 is 14.3 Å². The Hall–Kier alpha value is -1.61.